The van der Waals surface area contributed by atoms with Gasteiger partial charge in [0, 0.05) is 37.8 Å². The molecule has 3 rings (SSSR count). The second-order valence-electron chi connectivity index (χ2n) is 6.21. The van der Waals surface area contributed by atoms with Crippen LogP contribution in [0.3, 0.4) is 0 Å². The minimum Gasteiger partial charge on any atom is -0.496 e. The monoisotopic (exact) mass is 440 g/mol. The summed E-state index contributed by atoms with van der Waals surface area (Å²) in [6, 6.07) is 4.61. The molecule has 0 unspecified atom stereocenters. The number of methoxy groups -OCH3 is 2. The average Bonchev–Trinajstić information content (AvgIpc) is 3.37. The van der Waals surface area contributed by atoms with Crippen LogP contribution in [-0.2, 0) is 0 Å². The molecule has 1 aliphatic heterocycles. The van der Waals surface area contributed by atoms with Crippen molar-refractivity contribution in [3.63, 3.8) is 0 Å². The standard InChI is InChI=1S/C17H25BrN2O2.2ClH/c1-21-16-11-14(18)17(22-2)10-13(16)15(9-12-3-4-12)20-7-5-19-6-8-20;;/h10-12,15,19H,3-9H2,1-2H3;2*1H/t15-;;/m1../s1. The zero-order valence-electron chi connectivity index (χ0n) is 14.2. The van der Waals surface area contributed by atoms with Gasteiger partial charge in [-0.25, -0.2) is 0 Å². The van der Waals surface area contributed by atoms with E-state index in [1.54, 1.807) is 14.2 Å². The molecule has 0 aromatic heterocycles. The molecule has 24 heavy (non-hydrogen) atoms. The predicted molar refractivity (Wildman–Crippen MR) is 106 cm³/mol. The van der Waals surface area contributed by atoms with Crippen LogP contribution in [-0.4, -0.2) is 45.3 Å². The smallest absolute Gasteiger partial charge is 0.133 e. The zero-order valence-corrected chi connectivity index (χ0v) is 17.4. The number of hydrogen-bond donors (Lipinski definition) is 1. The first-order valence-corrected chi connectivity index (χ1v) is 8.88. The Kier molecular flexibility index (Phi) is 9.17. The van der Waals surface area contributed by atoms with Crippen molar-refractivity contribution in [3.05, 3.63) is 22.2 Å². The van der Waals surface area contributed by atoms with Crippen molar-refractivity contribution in [2.24, 2.45) is 5.92 Å². The van der Waals surface area contributed by atoms with Gasteiger partial charge in [-0.1, -0.05) is 12.8 Å². The van der Waals surface area contributed by atoms with Gasteiger partial charge in [0.1, 0.15) is 11.5 Å². The maximum absolute atomic E-state index is 5.67. The molecule has 1 heterocycles. The third kappa shape index (κ3) is 5.15. The van der Waals surface area contributed by atoms with Crippen molar-refractivity contribution < 1.29 is 9.47 Å². The zero-order chi connectivity index (χ0) is 15.5. The quantitative estimate of drug-likeness (QED) is 0.721. The molecule has 0 bridgehead atoms. The van der Waals surface area contributed by atoms with Crippen LogP contribution in [0, 0.1) is 5.92 Å². The molecule has 0 amide bonds. The van der Waals surface area contributed by atoms with E-state index < -0.39 is 0 Å². The van der Waals surface area contributed by atoms with Crippen molar-refractivity contribution in [2.45, 2.75) is 25.3 Å². The van der Waals surface area contributed by atoms with Gasteiger partial charge in [-0.2, -0.15) is 0 Å². The lowest BCUT2D eigenvalue weighted by atomic mass is 9.97. The Hall–Kier alpha value is -0.200. The fourth-order valence-electron chi connectivity index (χ4n) is 3.28. The van der Waals surface area contributed by atoms with Gasteiger partial charge < -0.3 is 14.8 Å². The Bertz CT molecular complexity index is 524. The van der Waals surface area contributed by atoms with E-state index in [0.717, 1.165) is 48.1 Å². The van der Waals surface area contributed by atoms with Gasteiger partial charge in [-0.15, -0.1) is 24.8 Å². The number of piperazine rings is 1. The normalized spacial score (nSPS) is 19.0. The van der Waals surface area contributed by atoms with E-state index in [4.69, 9.17) is 9.47 Å². The molecule has 2 aliphatic rings. The summed E-state index contributed by atoms with van der Waals surface area (Å²) >= 11 is 3.56. The van der Waals surface area contributed by atoms with Gasteiger partial charge in [0.05, 0.1) is 18.7 Å². The highest BCUT2D eigenvalue weighted by molar-refractivity contribution is 9.10. The summed E-state index contributed by atoms with van der Waals surface area (Å²) in [7, 11) is 3.47. The highest BCUT2D eigenvalue weighted by Crippen LogP contribution is 2.44. The number of ether oxygens (including phenoxy) is 2. The van der Waals surface area contributed by atoms with E-state index in [9.17, 15) is 0 Å². The summed E-state index contributed by atoms with van der Waals surface area (Å²) in [4.78, 5) is 2.60. The van der Waals surface area contributed by atoms with Crippen LogP contribution in [0.4, 0.5) is 0 Å². The Morgan fingerprint density at radius 3 is 2.29 bits per heavy atom. The second-order valence-corrected chi connectivity index (χ2v) is 7.06. The summed E-state index contributed by atoms with van der Waals surface area (Å²) in [6.45, 7) is 4.33. The Balaban J connectivity index is 0.00000144. The Morgan fingerprint density at radius 1 is 1.12 bits per heavy atom. The first-order valence-electron chi connectivity index (χ1n) is 8.09. The lowest BCUT2D eigenvalue weighted by Crippen LogP contribution is -2.45. The highest BCUT2D eigenvalue weighted by Gasteiger charge is 2.32. The van der Waals surface area contributed by atoms with Gasteiger partial charge >= 0.3 is 0 Å². The van der Waals surface area contributed by atoms with E-state index in [-0.39, 0.29) is 24.8 Å². The number of hydrogen-bond acceptors (Lipinski definition) is 4. The predicted octanol–water partition coefficient (Wildman–Crippen LogP) is 4.06. The van der Waals surface area contributed by atoms with Crippen LogP contribution >= 0.6 is 40.7 Å². The molecule has 1 saturated heterocycles. The first-order chi connectivity index (χ1) is 10.7. The highest BCUT2D eigenvalue weighted by atomic mass is 79.9. The molecule has 1 aromatic carbocycles. The summed E-state index contributed by atoms with van der Waals surface area (Å²) in [6.07, 6.45) is 3.97. The first kappa shape index (κ1) is 21.8. The minimum absolute atomic E-state index is 0. The third-order valence-electron chi connectivity index (χ3n) is 4.71. The van der Waals surface area contributed by atoms with Crippen molar-refractivity contribution in [1.82, 2.24) is 10.2 Å². The molecule has 1 aliphatic carbocycles. The second kappa shape index (κ2) is 10.1. The number of halogens is 3. The van der Waals surface area contributed by atoms with Crippen molar-refractivity contribution in [1.29, 1.82) is 0 Å². The van der Waals surface area contributed by atoms with E-state index >= 15 is 0 Å². The summed E-state index contributed by atoms with van der Waals surface area (Å²) in [5.74, 6) is 2.71. The average molecular weight is 442 g/mol. The van der Waals surface area contributed by atoms with Gasteiger partial charge in [0.2, 0.25) is 0 Å². The number of benzene rings is 1. The van der Waals surface area contributed by atoms with Crippen LogP contribution in [0.1, 0.15) is 30.9 Å². The molecule has 7 heteroatoms. The van der Waals surface area contributed by atoms with Crippen molar-refractivity contribution in [3.8, 4) is 11.5 Å². The molecule has 4 nitrogen and oxygen atoms in total. The van der Waals surface area contributed by atoms with Crippen LogP contribution in [0.15, 0.2) is 16.6 Å². The van der Waals surface area contributed by atoms with E-state index in [2.05, 4.69) is 32.2 Å². The SMILES string of the molecule is COc1cc([C@@H](CC2CC2)N2CCNCC2)c(OC)cc1Br.Cl.Cl. The van der Waals surface area contributed by atoms with E-state index in [1.165, 1.54) is 24.8 Å². The van der Waals surface area contributed by atoms with Crippen LogP contribution in [0.25, 0.3) is 0 Å². The van der Waals surface area contributed by atoms with Gasteiger partial charge in [0.15, 0.2) is 0 Å². The van der Waals surface area contributed by atoms with Crippen molar-refractivity contribution in [2.75, 3.05) is 40.4 Å². The number of nitrogens with one attached hydrogen (secondary N) is 1. The fraction of sp³-hybridized carbons (Fsp3) is 0.647. The molecule has 0 spiro atoms. The molecule has 0 radical (unpaired) electrons. The molecule has 1 aromatic rings. The largest absolute Gasteiger partial charge is 0.496 e. The molecule has 1 atom stereocenters. The van der Waals surface area contributed by atoms with Gasteiger partial charge in [-0.05, 0) is 40.4 Å². The number of rotatable bonds is 6. The molecule has 2 fully saturated rings. The van der Waals surface area contributed by atoms with Gasteiger partial charge in [-0.3, -0.25) is 4.90 Å². The topological polar surface area (TPSA) is 33.7 Å². The Morgan fingerprint density at radius 2 is 1.75 bits per heavy atom. The molecule has 1 saturated carbocycles. The fourth-order valence-corrected chi connectivity index (χ4v) is 3.76. The lowest BCUT2D eigenvalue weighted by Gasteiger charge is -2.36. The lowest BCUT2D eigenvalue weighted by molar-refractivity contribution is 0.157. The van der Waals surface area contributed by atoms with Crippen LogP contribution in [0.5, 0.6) is 11.5 Å². The minimum atomic E-state index is 0. The van der Waals surface area contributed by atoms with Crippen LogP contribution < -0.4 is 14.8 Å². The maximum atomic E-state index is 5.67. The summed E-state index contributed by atoms with van der Waals surface area (Å²) in [5.41, 5.74) is 1.26. The third-order valence-corrected chi connectivity index (χ3v) is 5.33. The molecule has 1 N–H and O–H groups in total. The maximum Gasteiger partial charge on any atom is 0.133 e. The van der Waals surface area contributed by atoms with E-state index in [0.29, 0.717) is 6.04 Å². The molecule has 138 valence electrons. The Labute approximate surface area is 165 Å². The van der Waals surface area contributed by atoms with Crippen molar-refractivity contribution >= 4 is 40.7 Å². The molecular weight excluding hydrogens is 415 g/mol. The summed E-state index contributed by atoms with van der Waals surface area (Å²) in [5, 5.41) is 3.45. The summed E-state index contributed by atoms with van der Waals surface area (Å²) < 4.78 is 12.1. The van der Waals surface area contributed by atoms with E-state index in [1.807, 2.05) is 6.07 Å². The van der Waals surface area contributed by atoms with Crippen LogP contribution in [0.2, 0.25) is 0 Å². The molecular formula is C17H27BrCl2N2O2. The van der Waals surface area contributed by atoms with Gasteiger partial charge in [0.25, 0.3) is 0 Å². The number of nitrogens with zero attached hydrogens (tertiary/aromatic N) is 1.